The largest absolute Gasteiger partial charge is 0.455 e. The Hall–Kier alpha value is -7.42. The van der Waals surface area contributed by atoms with Crippen molar-refractivity contribution in [1.29, 1.82) is 0 Å². The second kappa shape index (κ2) is 12.6. The lowest BCUT2D eigenvalue weighted by molar-refractivity contribution is 0.649. The van der Waals surface area contributed by atoms with Crippen LogP contribution in [0.15, 0.2) is 191 Å². The van der Waals surface area contributed by atoms with Crippen LogP contribution in [0.2, 0.25) is 0 Å². The monoisotopic (exact) mass is 794 g/mol. The third-order valence-electron chi connectivity index (χ3n) is 14.3. The Morgan fingerprint density at radius 3 is 1.29 bits per heavy atom. The fourth-order valence-electron chi connectivity index (χ4n) is 11.3. The molecule has 0 aliphatic heterocycles. The van der Waals surface area contributed by atoms with Gasteiger partial charge in [0.15, 0.2) is 0 Å². The molecule has 62 heavy (non-hydrogen) atoms. The summed E-state index contributed by atoms with van der Waals surface area (Å²) in [7, 11) is 0. The van der Waals surface area contributed by atoms with Gasteiger partial charge in [-0.2, -0.15) is 0 Å². The lowest BCUT2D eigenvalue weighted by atomic mass is 9.78. The zero-order valence-electron chi connectivity index (χ0n) is 35.1. The van der Waals surface area contributed by atoms with E-state index in [2.05, 4.69) is 210 Å². The second-order valence-electron chi connectivity index (χ2n) is 18.3. The Labute approximate surface area is 360 Å². The maximum absolute atomic E-state index is 7.08. The normalized spacial score (nSPS) is 14.4. The number of fused-ring (bicyclic) bond motifs is 14. The molecule has 0 N–H and O–H groups in total. The van der Waals surface area contributed by atoms with E-state index in [9.17, 15) is 0 Å². The Morgan fingerprint density at radius 2 is 0.710 bits per heavy atom. The first-order valence-electron chi connectivity index (χ1n) is 21.8. The molecule has 0 radical (unpaired) electrons. The summed E-state index contributed by atoms with van der Waals surface area (Å²) in [6.45, 7) is 9.62. The van der Waals surface area contributed by atoms with Gasteiger partial charge in [-0.1, -0.05) is 173 Å². The van der Waals surface area contributed by atoms with E-state index in [-0.39, 0.29) is 10.8 Å². The van der Waals surface area contributed by atoms with Crippen molar-refractivity contribution in [3.63, 3.8) is 0 Å². The van der Waals surface area contributed by atoms with Crippen molar-refractivity contribution in [3.8, 4) is 66.8 Å². The average molecular weight is 795 g/mol. The van der Waals surface area contributed by atoms with E-state index in [1.807, 2.05) is 0 Å². The van der Waals surface area contributed by atoms with Crippen molar-refractivity contribution in [1.82, 2.24) is 0 Å². The van der Waals surface area contributed by atoms with Crippen LogP contribution in [-0.4, -0.2) is 0 Å². The molecule has 294 valence electrons. The fourth-order valence-corrected chi connectivity index (χ4v) is 11.3. The highest BCUT2D eigenvalue weighted by molar-refractivity contribution is 6.21. The Bertz CT molecular complexity index is 3670. The first kappa shape index (κ1) is 35.3. The molecule has 2 aromatic heterocycles. The summed E-state index contributed by atoms with van der Waals surface area (Å²) in [6.07, 6.45) is 0. The third-order valence-corrected chi connectivity index (χ3v) is 14.3. The van der Waals surface area contributed by atoms with Gasteiger partial charge in [0.25, 0.3) is 0 Å². The smallest absolute Gasteiger partial charge is 0.144 e. The predicted molar refractivity (Wildman–Crippen MR) is 258 cm³/mol. The van der Waals surface area contributed by atoms with Gasteiger partial charge in [-0.15, -0.1) is 0 Å². The summed E-state index contributed by atoms with van der Waals surface area (Å²) >= 11 is 0. The molecule has 2 heteroatoms. The first-order chi connectivity index (χ1) is 30.3. The van der Waals surface area contributed by atoms with E-state index in [0.29, 0.717) is 0 Å². The van der Waals surface area contributed by atoms with E-state index in [0.717, 1.165) is 38.7 Å². The van der Waals surface area contributed by atoms with Crippen molar-refractivity contribution in [2.24, 2.45) is 0 Å². The number of hydrogen-bond acceptors (Lipinski definition) is 2. The van der Waals surface area contributed by atoms with Crippen molar-refractivity contribution >= 4 is 43.9 Å². The number of furan rings is 2. The van der Waals surface area contributed by atoms with Crippen LogP contribution in [0.5, 0.6) is 0 Å². The fraction of sp³-hybridized carbons (Fsp3) is 0.100. The van der Waals surface area contributed by atoms with E-state index in [1.165, 1.54) is 94.2 Å². The van der Waals surface area contributed by atoms with Gasteiger partial charge in [-0.3, -0.25) is 0 Å². The average Bonchev–Trinajstić information content (AvgIpc) is 4.01. The third kappa shape index (κ3) is 4.70. The van der Waals surface area contributed by atoms with Crippen LogP contribution in [0.25, 0.3) is 111 Å². The molecule has 13 rings (SSSR count). The molecule has 0 atom stereocenters. The predicted octanol–water partition coefficient (Wildman–Crippen LogP) is 16.8. The molecular formula is C60H42O2. The molecule has 0 fully saturated rings. The summed E-state index contributed by atoms with van der Waals surface area (Å²) < 4.78 is 14.1. The molecule has 2 nitrogen and oxygen atoms in total. The lowest BCUT2D eigenvalue weighted by Gasteiger charge is -2.24. The molecule has 2 aliphatic carbocycles. The van der Waals surface area contributed by atoms with E-state index in [4.69, 9.17) is 8.83 Å². The van der Waals surface area contributed by atoms with Crippen molar-refractivity contribution in [3.05, 3.63) is 204 Å². The van der Waals surface area contributed by atoms with Gasteiger partial charge >= 0.3 is 0 Å². The molecule has 0 saturated heterocycles. The van der Waals surface area contributed by atoms with Crippen LogP contribution in [-0.2, 0) is 10.8 Å². The van der Waals surface area contributed by atoms with Gasteiger partial charge < -0.3 is 8.83 Å². The lowest BCUT2D eigenvalue weighted by Crippen LogP contribution is -2.17. The zero-order valence-corrected chi connectivity index (χ0v) is 35.1. The molecule has 0 amide bonds. The highest BCUT2D eigenvalue weighted by Crippen LogP contribution is 2.61. The number of para-hydroxylation sites is 2. The number of rotatable bonds is 4. The minimum absolute atomic E-state index is 0.308. The van der Waals surface area contributed by atoms with Gasteiger partial charge in [-0.25, -0.2) is 0 Å². The van der Waals surface area contributed by atoms with Crippen molar-refractivity contribution in [2.45, 2.75) is 38.5 Å². The van der Waals surface area contributed by atoms with Gasteiger partial charge in [0, 0.05) is 43.5 Å². The molecule has 2 aliphatic rings. The number of benzene rings is 9. The highest BCUT2D eigenvalue weighted by atomic mass is 16.3. The van der Waals surface area contributed by atoms with Gasteiger partial charge in [-0.05, 0) is 114 Å². The van der Waals surface area contributed by atoms with Crippen LogP contribution < -0.4 is 0 Å². The molecule has 2 heterocycles. The summed E-state index contributed by atoms with van der Waals surface area (Å²) in [5, 5.41) is 4.65. The van der Waals surface area contributed by atoms with E-state index in [1.54, 1.807) is 0 Å². The Kier molecular flexibility index (Phi) is 7.16. The molecule has 0 spiro atoms. The van der Waals surface area contributed by atoms with Crippen LogP contribution in [0.1, 0.15) is 49.9 Å². The minimum Gasteiger partial charge on any atom is -0.455 e. The topological polar surface area (TPSA) is 26.3 Å². The van der Waals surface area contributed by atoms with E-state index < -0.39 is 0 Å². The Morgan fingerprint density at radius 1 is 0.306 bits per heavy atom. The molecule has 9 aromatic carbocycles. The van der Waals surface area contributed by atoms with Crippen LogP contribution in [0.4, 0.5) is 0 Å². The minimum atomic E-state index is -0.317. The summed E-state index contributed by atoms with van der Waals surface area (Å²) in [6, 6.07) is 66.2. The number of hydrogen-bond donors (Lipinski definition) is 0. The molecule has 11 aromatic rings. The quantitative estimate of drug-likeness (QED) is 0.177. The summed E-state index contributed by atoms with van der Waals surface area (Å²) in [5.41, 5.74) is 22.9. The summed E-state index contributed by atoms with van der Waals surface area (Å²) in [4.78, 5) is 0. The second-order valence-corrected chi connectivity index (χ2v) is 18.3. The Balaban J connectivity index is 1.09. The maximum atomic E-state index is 7.08. The first-order valence-corrected chi connectivity index (χ1v) is 21.8. The standard InChI is InChI=1S/C60H42O2/c1-59(2)47-34-46-48(33-45(47)54-49(59)32-44(57-56(54)42-28-16-18-30-52(42)61-57)40-26-14-12-24-38(40)36-21-9-6-10-22-36)60(3,4)50-31-43(39-25-13-11-23-37(39)35-19-7-5-8-20-35)53-41-27-15-17-29-51(41)62-58(53)55(46)50/h5-34H,1-4H3. The van der Waals surface area contributed by atoms with Gasteiger partial charge in [0.05, 0.1) is 0 Å². The van der Waals surface area contributed by atoms with Crippen LogP contribution >= 0.6 is 0 Å². The molecular weight excluding hydrogens is 753 g/mol. The maximum Gasteiger partial charge on any atom is 0.144 e. The van der Waals surface area contributed by atoms with Crippen molar-refractivity contribution in [2.75, 3.05) is 0 Å². The molecule has 0 unspecified atom stereocenters. The van der Waals surface area contributed by atoms with E-state index >= 15 is 0 Å². The molecule has 0 bridgehead atoms. The summed E-state index contributed by atoms with van der Waals surface area (Å²) in [5.74, 6) is 0. The van der Waals surface area contributed by atoms with Crippen LogP contribution in [0.3, 0.4) is 0 Å². The van der Waals surface area contributed by atoms with Crippen molar-refractivity contribution < 1.29 is 8.83 Å². The zero-order chi connectivity index (χ0) is 41.5. The van der Waals surface area contributed by atoms with Gasteiger partial charge in [0.2, 0.25) is 0 Å². The van der Waals surface area contributed by atoms with Gasteiger partial charge in [0.1, 0.15) is 22.3 Å². The van der Waals surface area contributed by atoms with Crippen LogP contribution in [0, 0.1) is 0 Å². The highest BCUT2D eigenvalue weighted by Gasteiger charge is 2.45. The SMILES string of the molecule is CC1(C)c2cc3c(cc2-c2c1cc(-c1ccccc1-c1ccccc1)c1c2oc2ccccc21)C(C)(C)c1cc(-c2ccccc2-c2ccccc2)c2oc4ccccc4c2c1-3. The molecule has 0 saturated carbocycles.